The standard InChI is InChI=1S/C15H15N3O3/c16-9-18-10-6-7-13(18)12(8-10)17-14(19)15(20)21-11-4-2-1-3-5-11/h1-5,10,12-13H,6-8H2,(H,17,19)/t10?,12-,13-/m1/s1. The molecule has 0 aromatic heterocycles. The second-order valence-corrected chi connectivity index (χ2v) is 5.32. The fourth-order valence-corrected chi connectivity index (χ4v) is 3.17. The van der Waals surface area contributed by atoms with Gasteiger partial charge in [0.25, 0.3) is 0 Å². The summed E-state index contributed by atoms with van der Waals surface area (Å²) in [6, 6.07) is 8.51. The first-order chi connectivity index (χ1) is 10.2. The van der Waals surface area contributed by atoms with Crippen molar-refractivity contribution in [2.45, 2.75) is 37.4 Å². The van der Waals surface area contributed by atoms with Crippen LogP contribution in [0.1, 0.15) is 19.3 Å². The Morgan fingerprint density at radius 3 is 2.71 bits per heavy atom. The van der Waals surface area contributed by atoms with E-state index in [-0.39, 0.29) is 18.1 Å². The predicted molar refractivity (Wildman–Crippen MR) is 72.9 cm³/mol. The highest BCUT2D eigenvalue weighted by Crippen LogP contribution is 2.36. The van der Waals surface area contributed by atoms with Crippen LogP contribution in [-0.2, 0) is 9.59 Å². The summed E-state index contributed by atoms with van der Waals surface area (Å²) in [6.07, 6.45) is 4.72. The Morgan fingerprint density at radius 1 is 1.29 bits per heavy atom. The molecule has 1 unspecified atom stereocenters. The van der Waals surface area contributed by atoms with E-state index in [4.69, 9.17) is 10.00 Å². The Kier molecular flexibility index (Phi) is 3.48. The molecule has 3 atom stereocenters. The van der Waals surface area contributed by atoms with Crippen molar-refractivity contribution in [2.75, 3.05) is 0 Å². The first-order valence-corrected chi connectivity index (χ1v) is 6.95. The fraction of sp³-hybridized carbons (Fsp3) is 0.400. The number of amides is 1. The van der Waals surface area contributed by atoms with Gasteiger partial charge < -0.3 is 15.0 Å². The molecule has 2 saturated heterocycles. The maximum absolute atomic E-state index is 11.9. The number of nitrogens with one attached hydrogen (secondary N) is 1. The van der Waals surface area contributed by atoms with E-state index in [0.717, 1.165) is 12.8 Å². The molecule has 1 aromatic carbocycles. The van der Waals surface area contributed by atoms with Crippen LogP contribution < -0.4 is 10.1 Å². The number of fused-ring (bicyclic) bond motifs is 2. The highest BCUT2D eigenvalue weighted by Gasteiger charge is 2.47. The second kappa shape index (κ2) is 5.44. The lowest BCUT2D eigenvalue weighted by Crippen LogP contribution is -2.46. The van der Waals surface area contributed by atoms with Gasteiger partial charge in [-0.05, 0) is 31.4 Å². The van der Waals surface area contributed by atoms with Crippen molar-refractivity contribution in [1.29, 1.82) is 5.26 Å². The molecule has 2 aliphatic rings. The molecule has 0 saturated carbocycles. The molecule has 1 aromatic rings. The van der Waals surface area contributed by atoms with Gasteiger partial charge in [0.2, 0.25) is 0 Å². The van der Waals surface area contributed by atoms with E-state index in [1.54, 1.807) is 35.2 Å². The van der Waals surface area contributed by atoms with Gasteiger partial charge in [-0.2, -0.15) is 5.26 Å². The van der Waals surface area contributed by atoms with Crippen molar-refractivity contribution in [3.8, 4) is 11.9 Å². The minimum atomic E-state index is -0.924. The fourth-order valence-electron chi connectivity index (χ4n) is 3.17. The number of para-hydroxylation sites is 1. The highest BCUT2D eigenvalue weighted by atomic mass is 16.5. The van der Waals surface area contributed by atoms with E-state index < -0.39 is 11.9 Å². The molecular formula is C15H15N3O3. The first kappa shape index (κ1) is 13.4. The van der Waals surface area contributed by atoms with E-state index in [2.05, 4.69) is 11.5 Å². The number of esters is 1. The van der Waals surface area contributed by atoms with Gasteiger partial charge in [-0.3, -0.25) is 4.79 Å². The van der Waals surface area contributed by atoms with Crippen LogP contribution in [0.25, 0.3) is 0 Å². The van der Waals surface area contributed by atoms with Crippen LogP contribution in [0, 0.1) is 11.5 Å². The number of nitrogens with zero attached hydrogens (tertiary/aromatic N) is 2. The average molecular weight is 285 g/mol. The van der Waals surface area contributed by atoms with Crippen LogP contribution in [-0.4, -0.2) is 34.9 Å². The Bertz CT molecular complexity index is 596. The summed E-state index contributed by atoms with van der Waals surface area (Å²) < 4.78 is 4.99. The van der Waals surface area contributed by atoms with Gasteiger partial charge in [0.05, 0.1) is 12.1 Å². The molecule has 6 nitrogen and oxygen atoms in total. The molecule has 0 aliphatic carbocycles. The number of hydrogen-bond acceptors (Lipinski definition) is 5. The zero-order chi connectivity index (χ0) is 14.8. The summed E-state index contributed by atoms with van der Waals surface area (Å²) in [5.41, 5.74) is 0. The SMILES string of the molecule is N#CN1C2CC[C@@H]1[C@H](NC(=O)C(=O)Oc1ccccc1)C2. The number of rotatable bonds is 2. The minimum Gasteiger partial charge on any atom is -0.419 e. The van der Waals surface area contributed by atoms with Gasteiger partial charge in [0.1, 0.15) is 5.75 Å². The van der Waals surface area contributed by atoms with Crippen molar-refractivity contribution in [1.82, 2.24) is 10.2 Å². The van der Waals surface area contributed by atoms with Crippen molar-refractivity contribution in [2.24, 2.45) is 0 Å². The van der Waals surface area contributed by atoms with Crippen molar-refractivity contribution >= 4 is 11.9 Å². The molecule has 0 radical (unpaired) electrons. The number of nitriles is 1. The summed E-state index contributed by atoms with van der Waals surface area (Å²) in [7, 11) is 0. The monoisotopic (exact) mass is 285 g/mol. The van der Waals surface area contributed by atoms with Crippen LogP contribution in [0.15, 0.2) is 30.3 Å². The zero-order valence-corrected chi connectivity index (χ0v) is 11.4. The maximum Gasteiger partial charge on any atom is 0.402 e. The summed E-state index contributed by atoms with van der Waals surface area (Å²) in [6.45, 7) is 0. The van der Waals surface area contributed by atoms with Crippen molar-refractivity contribution < 1.29 is 14.3 Å². The normalized spacial score (nSPS) is 26.2. The lowest BCUT2D eigenvalue weighted by Gasteiger charge is -2.21. The molecule has 108 valence electrons. The van der Waals surface area contributed by atoms with E-state index >= 15 is 0 Å². The van der Waals surface area contributed by atoms with E-state index in [0.29, 0.717) is 12.2 Å². The number of ether oxygens (including phenoxy) is 1. The lowest BCUT2D eigenvalue weighted by atomic mass is 9.95. The van der Waals surface area contributed by atoms with Gasteiger partial charge >= 0.3 is 11.9 Å². The topological polar surface area (TPSA) is 82.4 Å². The average Bonchev–Trinajstić information content (AvgIpc) is 3.04. The quantitative estimate of drug-likeness (QED) is 0.376. The Morgan fingerprint density at radius 2 is 2.05 bits per heavy atom. The van der Waals surface area contributed by atoms with Crippen molar-refractivity contribution in [3.63, 3.8) is 0 Å². The minimum absolute atomic E-state index is 0.00785. The van der Waals surface area contributed by atoms with Gasteiger partial charge in [0, 0.05) is 6.04 Å². The Hall–Kier alpha value is -2.55. The largest absolute Gasteiger partial charge is 0.419 e. The summed E-state index contributed by atoms with van der Waals surface area (Å²) in [4.78, 5) is 25.4. The maximum atomic E-state index is 11.9. The molecule has 1 N–H and O–H groups in total. The summed E-state index contributed by atoms with van der Waals surface area (Å²) >= 11 is 0. The number of carbonyl (C=O) groups excluding carboxylic acids is 2. The number of carbonyl (C=O) groups is 2. The van der Waals surface area contributed by atoms with Crippen LogP contribution in [0.3, 0.4) is 0 Å². The molecule has 2 fully saturated rings. The second-order valence-electron chi connectivity index (χ2n) is 5.32. The molecule has 2 heterocycles. The summed E-state index contributed by atoms with van der Waals surface area (Å²) in [5.74, 6) is -1.34. The third kappa shape index (κ3) is 2.55. The zero-order valence-electron chi connectivity index (χ0n) is 11.4. The van der Waals surface area contributed by atoms with Crippen LogP contribution in [0.5, 0.6) is 5.75 Å². The van der Waals surface area contributed by atoms with Gasteiger partial charge in [0.15, 0.2) is 6.19 Å². The molecule has 21 heavy (non-hydrogen) atoms. The molecule has 6 heteroatoms. The first-order valence-electron chi connectivity index (χ1n) is 6.95. The van der Waals surface area contributed by atoms with Crippen LogP contribution >= 0.6 is 0 Å². The molecule has 2 bridgehead atoms. The molecule has 3 rings (SSSR count). The van der Waals surface area contributed by atoms with Gasteiger partial charge in [-0.15, -0.1) is 0 Å². The van der Waals surface area contributed by atoms with Crippen LogP contribution in [0.2, 0.25) is 0 Å². The Labute approximate surface area is 122 Å². The highest BCUT2D eigenvalue weighted by molar-refractivity contribution is 6.33. The Balaban J connectivity index is 1.58. The van der Waals surface area contributed by atoms with E-state index in [1.165, 1.54) is 0 Å². The molecule has 2 aliphatic heterocycles. The molecule has 1 amide bonds. The smallest absolute Gasteiger partial charge is 0.402 e. The van der Waals surface area contributed by atoms with Gasteiger partial charge in [-0.25, -0.2) is 4.79 Å². The lowest BCUT2D eigenvalue weighted by molar-refractivity contribution is -0.148. The van der Waals surface area contributed by atoms with Crippen LogP contribution in [0.4, 0.5) is 0 Å². The predicted octanol–water partition coefficient (Wildman–Crippen LogP) is 0.795. The van der Waals surface area contributed by atoms with E-state index in [9.17, 15) is 9.59 Å². The third-order valence-corrected chi connectivity index (χ3v) is 4.11. The third-order valence-electron chi connectivity index (χ3n) is 4.11. The number of hydrogen-bond donors (Lipinski definition) is 1. The number of benzene rings is 1. The van der Waals surface area contributed by atoms with E-state index in [1.807, 2.05) is 0 Å². The van der Waals surface area contributed by atoms with Gasteiger partial charge in [-0.1, -0.05) is 18.2 Å². The van der Waals surface area contributed by atoms with Crippen molar-refractivity contribution in [3.05, 3.63) is 30.3 Å². The molecular weight excluding hydrogens is 270 g/mol. The summed E-state index contributed by atoms with van der Waals surface area (Å²) in [5, 5.41) is 11.8. The molecule has 0 spiro atoms.